The smallest absolute Gasteiger partial charge is 0.489 e. The molecule has 0 bridgehead atoms. The Hall–Kier alpha value is -5.46. The Balaban J connectivity index is 0.00000143. The second-order valence-electron chi connectivity index (χ2n) is 16.0. The number of benzene rings is 3. The average molecular weight is 762 g/mol. The maximum Gasteiger partial charge on any atom is 0.514 e. The molecule has 0 radical (unpaired) electrons. The fraction of sp³-hybridized carbons (Fsp3) is 0.409. The van der Waals surface area contributed by atoms with E-state index < -0.39 is 17.4 Å². The summed E-state index contributed by atoms with van der Waals surface area (Å²) in [5, 5.41) is 8.16. The Kier molecular flexibility index (Phi) is 9.74. The molecule has 4 aromatic rings. The molecule has 1 unspecified atom stereocenters. The van der Waals surface area contributed by atoms with Gasteiger partial charge in [0.15, 0.2) is 23.1 Å². The zero-order chi connectivity index (χ0) is 39.4. The van der Waals surface area contributed by atoms with E-state index in [-0.39, 0.29) is 59.4 Å². The molecular formula is C44H47N3O9. The Morgan fingerprint density at radius 2 is 1.79 bits per heavy atom. The summed E-state index contributed by atoms with van der Waals surface area (Å²) < 4.78 is 36.0. The highest BCUT2D eigenvalue weighted by atomic mass is 16.7. The van der Waals surface area contributed by atoms with Gasteiger partial charge in [-0.3, -0.25) is 14.5 Å². The number of allylic oxidation sites excluding steroid dienone is 1. The Morgan fingerprint density at radius 1 is 1.02 bits per heavy atom. The highest BCUT2D eigenvalue weighted by molar-refractivity contribution is 6.20. The molecular weight excluding hydrogens is 714 g/mol. The van der Waals surface area contributed by atoms with Gasteiger partial charge in [0.1, 0.15) is 30.1 Å². The first kappa shape index (κ1) is 37.5. The molecule has 12 heteroatoms. The van der Waals surface area contributed by atoms with Gasteiger partial charge in [-0.25, -0.2) is 4.79 Å². The Labute approximate surface area is 325 Å². The van der Waals surface area contributed by atoms with Crippen LogP contribution < -0.4 is 19.5 Å². The normalized spacial score (nSPS) is 21.8. The SMILES string of the molecule is C=CCOc1c2c(c(OC(=O)OC(C)(C)C)c3cc(CN4CCC4)ccc13)C(=O)C1=C3O[C@]34C(=O)c3c(OCc5ccccc5)noc3C[C@@H]4CC1C2.CNC. The van der Waals surface area contributed by atoms with Crippen molar-refractivity contribution in [2.24, 2.45) is 11.8 Å². The quantitative estimate of drug-likeness (QED) is 0.0800. The van der Waals surface area contributed by atoms with Gasteiger partial charge in [-0.05, 0) is 95.5 Å². The number of nitrogens with zero attached hydrogens (tertiary/aromatic N) is 2. The molecule has 2 aliphatic heterocycles. The molecule has 2 fully saturated rings. The predicted octanol–water partition coefficient (Wildman–Crippen LogP) is 7.16. The second-order valence-corrected chi connectivity index (χ2v) is 16.0. The molecule has 1 spiro atoms. The molecule has 2 saturated heterocycles. The van der Waals surface area contributed by atoms with Crippen LogP contribution in [0.3, 0.4) is 0 Å². The van der Waals surface area contributed by atoms with Crippen molar-refractivity contribution in [1.29, 1.82) is 0 Å². The van der Waals surface area contributed by atoms with Crippen LogP contribution >= 0.6 is 0 Å². The summed E-state index contributed by atoms with van der Waals surface area (Å²) in [6.07, 6.45) is 3.19. The van der Waals surface area contributed by atoms with Crippen molar-refractivity contribution < 1.29 is 42.6 Å². The molecule has 0 saturated carbocycles. The molecule has 1 N–H and O–H groups in total. The number of hydrogen-bond acceptors (Lipinski definition) is 12. The number of nitrogens with one attached hydrogen (secondary N) is 1. The maximum atomic E-state index is 15.0. The van der Waals surface area contributed by atoms with Gasteiger partial charge < -0.3 is 33.5 Å². The minimum absolute atomic E-state index is 0.113. The van der Waals surface area contributed by atoms with E-state index in [9.17, 15) is 9.59 Å². The standard InChI is InChI=1S/C42H40N2O9.C2H7N/c1-5-16-48-35-27-13-12-24(21-44-14-9-15-44)17-28(27)36(50-40(47)52-41(2,3)4)32-29(35)19-25-18-26-20-30-33(37(46)42(26)38(51-42)31(25)34(32)45)39(43-53-30)49-22-23-10-7-6-8-11-23;1-3-2/h5-8,10-13,17,25-26H,1,9,14-16,18-22H2,2-4H3;3H,1-2H3/t25?,26-,42+;/m0./s1. The molecule has 3 heterocycles. The topological polar surface area (TPSA) is 142 Å². The lowest BCUT2D eigenvalue weighted by atomic mass is 9.63. The predicted molar refractivity (Wildman–Crippen MR) is 207 cm³/mol. The Bertz CT molecular complexity index is 2270. The van der Waals surface area contributed by atoms with E-state index in [0.717, 1.165) is 42.6 Å². The van der Waals surface area contributed by atoms with Gasteiger partial charge in [0, 0.05) is 40.8 Å². The number of carbonyl (C=O) groups is 3. The van der Waals surface area contributed by atoms with E-state index in [4.69, 9.17) is 28.2 Å². The second kappa shape index (κ2) is 14.6. The maximum absolute atomic E-state index is 15.0. The summed E-state index contributed by atoms with van der Waals surface area (Å²) >= 11 is 0. The van der Waals surface area contributed by atoms with Gasteiger partial charge in [0.2, 0.25) is 11.4 Å². The van der Waals surface area contributed by atoms with Crippen molar-refractivity contribution in [2.45, 2.75) is 70.8 Å². The average Bonchev–Trinajstić information content (AvgIpc) is 3.77. The van der Waals surface area contributed by atoms with E-state index in [1.54, 1.807) is 26.8 Å². The lowest BCUT2D eigenvalue weighted by molar-refractivity contribution is 0.0207. The summed E-state index contributed by atoms with van der Waals surface area (Å²) in [5.41, 5.74) is 1.32. The van der Waals surface area contributed by atoms with Crippen LogP contribution in [0, 0.1) is 11.8 Å². The minimum atomic E-state index is -1.31. The number of ketones is 2. The van der Waals surface area contributed by atoms with Gasteiger partial charge in [-0.15, -0.1) is 0 Å². The molecule has 9 rings (SSSR count). The van der Waals surface area contributed by atoms with Crippen molar-refractivity contribution in [3.8, 4) is 17.4 Å². The lowest BCUT2D eigenvalue weighted by Gasteiger charge is -2.36. The van der Waals surface area contributed by atoms with Crippen LogP contribution in [0.4, 0.5) is 4.79 Å². The highest BCUT2D eigenvalue weighted by Crippen LogP contribution is 2.64. The van der Waals surface area contributed by atoms with Crippen LogP contribution in [0.5, 0.6) is 17.4 Å². The lowest BCUT2D eigenvalue weighted by Crippen LogP contribution is -2.44. The van der Waals surface area contributed by atoms with E-state index in [2.05, 4.69) is 28.0 Å². The van der Waals surface area contributed by atoms with Crippen LogP contribution in [0.15, 0.2) is 77.0 Å². The van der Waals surface area contributed by atoms with E-state index >= 15 is 4.79 Å². The third kappa shape index (κ3) is 6.54. The van der Waals surface area contributed by atoms with Crippen molar-refractivity contribution in [2.75, 3.05) is 33.8 Å². The van der Waals surface area contributed by atoms with Gasteiger partial charge >= 0.3 is 6.16 Å². The van der Waals surface area contributed by atoms with E-state index in [0.29, 0.717) is 53.1 Å². The number of ether oxygens (including phenoxy) is 5. The molecule has 3 atom stereocenters. The first-order chi connectivity index (χ1) is 27.0. The van der Waals surface area contributed by atoms with E-state index in [1.165, 1.54) is 0 Å². The monoisotopic (exact) mass is 761 g/mol. The molecule has 5 aliphatic rings. The number of fused-ring (bicyclic) bond motifs is 4. The van der Waals surface area contributed by atoms with Crippen LogP contribution in [0.2, 0.25) is 0 Å². The molecule has 12 nitrogen and oxygen atoms in total. The van der Waals surface area contributed by atoms with Crippen molar-refractivity contribution in [1.82, 2.24) is 15.4 Å². The van der Waals surface area contributed by atoms with Gasteiger partial charge in [0.05, 0.1) is 5.56 Å². The largest absolute Gasteiger partial charge is 0.514 e. The first-order valence-electron chi connectivity index (χ1n) is 19.2. The fourth-order valence-corrected chi connectivity index (χ4v) is 8.42. The molecule has 0 amide bonds. The summed E-state index contributed by atoms with van der Waals surface area (Å²) in [7, 11) is 3.75. The van der Waals surface area contributed by atoms with E-state index in [1.807, 2.05) is 56.6 Å². The number of carbonyl (C=O) groups excluding carboxylic acids is 3. The number of rotatable bonds is 9. The van der Waals surface area contributed by atoms with Gasteiger partial charge in [-0.1, -0.05) is 55.1 Å². The fourth-order valence-electron chi connectivity index (χ4n) is 8.42. The summed E-state index contributed by atoms with van der Waals surface area (Å²) in [4.78, 5) is 45.2. The first-order valence-corrected chi connectivity index (χ1v) is 19.2. The molecule has 3 aromatic carbocycles. The van der Waals surface area contributed by atoms with Crippen LogP contribution in [-0.2, 0) is 35.5 Å². The number of epoxide rings is 1. The summed E-state index contributed by atoms with van der Waals surface area (Å²) in [5.74, 6) is 0.371. The van der Waals surface area contributed by atoms with Crippen LogP contribution in [0.25, 0.3) is 10.8 Å². The molecule has 3 aliphatic carbocycles. The highest BCUT2D eigenvalue weighted by Gasteiger charge is 2.72. The summed E-state index contributed by atoms with van der Waals surface area (Å²) in [6, 6.07) is 15.6. The van der Waals surface area contributed by atoms with Gasteiger partial charge in [0.25, 0.3) is 5.88 Å². The van der Waals surface area contributed by atoms with Crippen molar-refractivity contribution in [3.05, 3.63) is 106 Å². The van der Waals surface area contributed by atoms with Gasteiger partial charge in [-0.2, -0.15) is 0 Å². The Morgan fingerprint density at radius 3 is 2.48 bits per heavy atom. The van der Waals surface area contributed by atoms with Crippen LogP contribution in [0.1, 0.15) is 76.8 Å². The molecule has 1 aromatic heterocycles. The number of hydrogen-bond donors (Lipinski definition) is 1. The number of aromatic nitrogens is 1. The van der Waals surface area contributed by atoms with Crippen molar-refractivity contribution in [3.63, 3.8) is 0 Å². The zero-order valence-corrected chi connectivity index (χ0v) is 32.5. The van der Waals surface area contributed by atoms with Crippen LogP contribution in [-0.4, -0.2) is 72.8 Å². The zero-order valence-electron chi connectivity index (χ0n) is 32.5. The number of likely N-dealkylation sites (tertiary alicyclic amines) is 1. The molecule has 56 heavy (non-hydrogen) atoms. The minimum Gasteiger partial charge on any atom is -0.489 e. The third-order valence-corrected chi connectivity index (χ3v) is 10.9. The molecule has 292 valence electrons. The van der Waals surface area contributed by atoms with Crippen molar-refractivity contribution >= 4 is 28.5 Å². The number of Topliss-reactive ketones (excluding diaryl/α,β-unsaturated/α-hetero) is 2. The summed E-state index contributed by atoms with van der Waals surface area (Å²) in [6.45, 7) is 12.3. The third-order valence-electron chi connectivity index (χ3n) is 10.9.